The highest BCUT2D eigenvalue weighted by atomic mass is 79.9. The number of carbonyl (C=O) groups is 2. The summed E-state index contributed by atoms with van der Waals surface area (Å²) in [4.78, 5) is 27.2. The van der Waals surface area contributed by atoms with Crippen LogP contribution in [-0.2, 0) is 9.59 Å². The number of carbonyl (C=O) groups excluding carboxylic acids is 2. The van der Waals surface area contributed by atoms with Crippen molar-refractivity contribution in [2.24, 2.45) is 5.41 Å². The van der Waals surface area contributed by atoms with Crippen molar-refractivity contribution in [1.29, 1.82) is 0 Å². The first-order valence-corrected chi connectivity index (χ1v) is 8.57. The van der Waals surface area contributed by atoms with E-state index in [0.717, 1.165) is 43.2 Å². The van der Waals surface area contributed by atoms with Gasteiger partial charge in [-0.2, -0.15) is 0 Å². The summed E-state index contributed by atoms with van der Waals surface area (Å²) in [6, 6.07) is 7.41. The molecule has 1 saturated heterocycles. The predicted octanol–water partition coefficient (Wildman–Crippen LogP) is 3.82. The molecule has 1 aliphatic heterocycles. The first kappa shape index (κ1) is 17.0. The monoisotopic (exact) mass is 366 g/mol. The van der Waals surface area contributed by atoms with Crippen LogP contribution in [0.5, 0.6) is 0 Å². The minimum absolute atomic E-state index is 0.0843. The third kappa shape index (κ3) is 3.88. The Morgan fingerprint density at radius 3 is 2.27 bits per heavy atom. The fraction of sp³-hybridized carbons (Fsp3) is 0.529. The topological polar surface area (TPSA) is 49.4 Å². The van der Waals surface area contributed by atoms with E-state index in [1.165, 1.54) is 0 Å². The number of halogens is 1. The Morgan fingerprint density at radius 2 is 1.68 bits per heavy atom. The van der Waals surface area contributed by atoms with Crippen molar-refractivity contribution in [3.05, 3.63) is 28.7 Å². The smallest absolute Gasteiger partial charge is 0.239 e. The van der Waals surface area contributed by atoms with Crippen LogP contribution in [0.25, 0.3) is 0 Å². The SMILES string of the molecule is CC(C)(C(=O)Nc1ccccc1Br)C(=O)N1CCCCCC1. The number of amides is 2. The summed E-state index contributed by atoms with van der Waals surface area (Å²) in [5.74, 6) is -0.354. The van der Waals surface area contributed by atoms with Crippen molar-refractivity contribution in [3.8, 4) is 0 Å². The molecule has 0 aromatic heterocycles. The summed E-state index contributed by atoms with van der Waals surface area (Å²) in [6.45, 7) is 4.91. The Morgan fingerprint density at radius 1 is 1.09 bits per heavy atom. The standard InChI is InChI=1S/C17H23BrN2O2/c1-17(2,16(22)20-11-7-3-4-8-12-20)15(21)19-14-10-6-5-9-13(14)18/h5-6,9-10H,3-4,7-8,11-12H2,1-2H3,(H,19,21). The molecule has 2 amide bonds. The van der Waals surface area contributed by atoms with E-state index >= 15 is 0 Å². The number of benzene rings is 1. The van der Waals surface area contributed by atoms with Gasteiger partial charge in [0.1, 0.15) is 5.41 Å². The molecule has 1 aliphatic rings. The largest absolute Gasteiger partial charge is 0.342 e. The van der Waals surface area contributed by atoms with Crippen LogP contribution >= 0.6 is 15.9 Å². The fourth-order valence-electron chi connectivity index (χ4n) is 2.61. The maximum atomic E-state index is 12.7. The molecule has 0 unspecified atom stereocenters. The normalized spacial score (nSPS) is 16.0. The summed E-state index contributed by atoms with van der Waals surface area (Å²) in [7, 11) is 0. The molecule has 4 nitrogen and oxygen atoms in total. The number of hydrogen-bond acceptors (Lipinski definition) is 2. The Bertz CT molecular complexity index is 549. The molecule has 0 radical (unpaired) electrons. The molecule has 0 spiro atoms. The number of nitrogens with zero attached hydrogens (tertiary/aromatic N) is 1. The highest BCUT2D eigenvalue weighted by molar-refractivity contribution is 9.10. The van der Waals surface area contributed by atoms with Gasteiger partial charge in [-0.3, -0.25) is 9.59 Å². The van der Waals surface area contributed by atoms with Crippen molar-refractivity contribution >= 4 is 33.4 Å². The molecule has 0 aliphatic carbocycles. The van der Waals surface area contributed by atoms with E-state index in [2.05, 4.69) is 21.2 Å². The molecule has 1 heterocycles. The maximum Gasteiger partial charge on any atom is 0.239 e. The van der Waals surface area contributed by atoms with Gasteiger partial charge >= 0.3 is 0 Å². The van der Waals surface area contributed by atoms with Gasteiger partial charge in [-0.15, -0.1) is 0 Å². The van der Waals surface area contributed by atoms with E-state index in [-0.39, 0.29) is 11.8 Å². The van der Waals surface area contributed by atoms with Gasteiger partial charge in [-0.1, -0.05) is 25.0 Å². The number of nitrogens with one attached hydrogen (secondary N) is 1. The summed E-state index contributed by atoms with van der Waals surface area (Å²) in [5.41, 5.74) is -0.385. The number of rotatable bonds is 3. The van der Waals surface area contributed by atoms with E-state index in [4.69, 9.17) is 0 Å². The van der Waals surface area contributed by atoms with Crippen molar-refractivity contribution in [1.82, 2.24) is 4.90 Å². The zero-order chi connectivity index (χ0) is 16.2. The lowest BCUT2D eigenvalue weighted by atomic mass is 9.90. The summed E-state index contributed by atoms with van der Waals surface area (Å²) >= 11 is 3.41. The maximum absolute atomic E-state index is 12.7. The van der Waals surface area contributed by atoms with E-state index < -0.39 is 5.41 Å². The number of likely N-dealkylation sites (tertiary alicyclic amines) is 1. The summed E-state index contributed by atoms with van der Waals surface area (Å²) in [6.07, 6.45) is 4.36. The van der Waals surface area contributed by atoms with Crippen LogP contribution in [0, 0.1) is 5.41 Å². The lowest BCUT2D eigenvalue weighted by molar-refractivity contribution is -0.146. The Labute approximate surface area is 140 Å². The number of hydrogen-bond donors (Lipinski definition) is 1. The van der Waals surface area contributed by atoms with Crippen molar-refractivity contribution in [2.75, 3.05) is 18.4 Å². The molecule has 0 atom stereocenters. The Kier molecular flexibility index (Phi) is 5.62. The third-order valence-corrected chi connectivity index (χ3v) is 4.81. The van der Waals surface area contributed by atoms with Gasteiger partial charge in [0.15, 0.2) is 0 Å². The van der Waals surface area contributed by atoms with Gasteiger partial charge < -0.3 is 10.2 Å². The second-order valence-corrected chi connectivity index (χ2v) is 7.12. The average molecular weight is 367 g/mol. The van der Waals surface area contributed by atoms with Crippen molar-refractivity contribution < 1.29 is 9.59 Å². The van der Waals surface area contributed by atoms with Crippen molar-refractivity contribution in [3.63, 3.8) is 0 Å². The Hall–Kier alpha value is -1.36. The minimum Gasteiger partial charge on any atom is -0.342 e. The van der Waals surface area contributed by atoms with Crippen molar-refractivity contribution in [2.45, 2.75) is 39.5 Å². The van der Waals surface area contributed by atoms with Gasteiger partial charge in [0.25, 0.3) is 0 Å². The lowest BCUT2D eigenvalue weighted by Gasteiger charge is -2.30. The molecule has 2 rings (SSSR count). The van der Waals surface area contributed by atoms with Gasteiger partial charge in [0, 0.05) is 17.6 Å². The molecule has 5 heteroatoms. The second kappa shape index (κ2) is 7.27. The van der Waals surface area contributed by atoms with Crippen LogP contribution in [0.15, 0.2) is 28.7 Å². The predicted molar refractivity (Wildman–Crippen MR) is 91.6 cm³/mol. The molecule has 22 heavy (non-hydrogen) atoms. The van der Waals surface area contributed by atoms with Crippen LogP contribution in [0.3, 0.4) is 0 Å². The van der Waals surface area contributed by atoms with E-state index in [1.807, 2.05) is 29.2 Å². The summed E-state index contributed by atoms with van der Waals surface area (Å²) in [5, 5.41) is 2.85. The van der Waals surface area contributed by atoms with Crippen LogP contribution in [0.1, 0.15) is 39.5 Å². The molecule has 1 N–H and O–H groups in total. The zero-order valence-corrected chi connectivity index (χ0v) is 14.8. The molecular formula is C17H23BrN2O2. The summed E-state index contributed by atoms with van der Waals surface area (Å²) < 4.78 is 0.807. The third-order valence-electron chi connectivity index (χ3n) is 4.12. The first-order valence-electron chi connectivity index (χ1n) is 7.78. The van der Waals surface area contributed by atoms with Gasteiger partial charge in [-0.25, -0.2) is 0 Å². The zero-order valence-electron chi connectivity index (χ0n) is 13.2. The minimum atomic E-state index is -1.07. The Balaban J connectivity index is 2.09. The highest BCUT2D eigenvalue weighted by Gasteiger charge is 2.39. The van der Waals surface area contributed by atoms with E-state index in [9.17, 15) is 9.59 Å². The van der Waals surface area contributed by atoms with Crippen LogP contribution in [0.2, 0.25) is 0 Å². The van der Waals surface area contributed by atoms with Crippen LogP contribution in [0.4, 0.5) is 5.69 Å². The van der Waals surface area contributed by atoms with E-state index in [0.29, 0.717) is 5.69 Å². The average Bonchev–Trinajstić information content (AvgIpc) is 2.77. The number of para-hydroxylation sites is 1. The fourth-order valence-corrected chi connectivity index (χ4v) is 2.99. The molecular weight excluding hydrogens is 344 g/mol. The number of anilines is 1. The van der Waals surface area contributed by atoms with Crippen LogP contribution < -0.4 is 5.32 Å². The van der Waals surface area contributed by atoms with Gasteiger partial charge in [-0.05, 0) is 54.8 Å². The van der Waals surface area contributed by atoms with E-state index in [1.54, 1.807) is 13.8 Å². The van der Waals surface area contributed by atoms with Gasteiger partial charge in [0.2, 0.25) is 11.8 Å². The molecule has 1 aromatic rings. The molecule has 0 bridgehead atoms. The van der Waals surface area contributed by atoms with Crippen LogP contribution in [-0.4, -0.2) is 29.8 Å². The molecule has 1 aromatic carbocycles. The molecule has 1 fully saturated rings. The lowest BCUT2D eigenvalue weighted by Crippen LogP contribution is -2.47. The highest BCUT2D eigenvalue weighted by Crippen LogP contribution is 2.27. The molecule has 0 saturated carbocycles. The quantitative estimate of drug-likeness (QED) is 0.826. The molecule has 120 valence electrons. The second-order valence-electron chi connectivity index (χ2n) is 6.27. The first-order chi connectivity index (χ1) is 10.4. The van der Waals surface area contributed by atoms with Gasteiger partial charge in [0.05, 0.1) is 5.69 Å².